The number of nitrogens with zero attached hydrogens (tertiary/aromatic N) is 3. The highest BCUT2D eigenvalue weighted by Crippen LogP contribution is 2.19. The molecule has 1 fully saturated rings. The van der Waals surface area contributed by atoms with Gasteiger partial charge in [-0.05, 0) is 26.2 Å². The van der Waals surface area contributed by atoms with Gasteiger partial charge in [-0.1, -0.05) is 44.4 Å². The highest BCUT2D eigenvalue weighted by atomic mass is 32.2. The molecule has 0 radical (unpaired) electrons. The predicted octanol–water partition coefficient (Wildman–Crippen LogP) is 2.93. The third-order valence-corrected chi connectivity index (χ3v) is 4.87. The van der Waals surface area contributed by atoms with E-state index in [9.17, 15) is 4.79 Å². The molecule has 2 rings (SSSR count). The van der Waals surface area contributed by atoms with Crippen LogP contribution >= 0.6 is 11.8 Å². The van der Waals surface area contributed by atoms with Crippen LogP contribution in [0.5, 0.6) is 0 Å². The van der Waals surface area contributed by atoms with Gasteiger partial charge in [-0.2, -0.15) is 0 Å². The summed E-state index contributed by atoms with van der Waals surface area (Å²) in [6.45, 7) is 5.00. The molecule has 1 aromatic rings. The molecule has 0 saturated heterocycles. The molecule has 1 heterocycles. The molecule has 6 heteroatoms. The van der Waals surface area contributed by atoms with Crippen LogP contribution in [0.25, 0.3) is 0 Å². The van der Waals surface area contributed by atoms with Gasteiger partial charge >= 0.3 is 0 Å². The average Bonchev–Trinajstić information content (AvgIpc) is 2.67. The summed E-state index contributed by atoms with van der Waals surface area (Å²) in [5.41, 5.74) is 0. The average molecular weight is 310 g/mol. The summed E-state index contributed by atoms with van der Waals surface area (Å²) < 4.78 is 2.09. The number of nitrogens with one attached hydrogen (secondary N) is 1. The Morgan fingerprint density at radius 1 is 1.29 bits per heavy atom. The van der Waals surface area contributed by atoms with E-state index in [2.05, 4.69) is 27.0 Å². The van der Waals surface area contributed by atoms with Gasteiger partial charge in [-0.25, -0.2) is 0 Å². The quantitative estimate of drug-likeness (QED) is 0.648. The molecule has 0 aromatic carbocycles. The van der Waals surface area contributed by atoms with Gasteiger partial charge in [0.15, 0.2) is 5.16 Å². The fourth-order valence-electron chi connectivity index (χ4n) is 2.77. The number of hydrogen-bond donors (Lipinski definition) is 1. The van der Waals surface area contributed by atoms with Crippen LogP contribution in [0.2, 0.25) is 0 Å². The van der Waals surface area contributed by atoms with Crippen molar-refractivity contribution in [3.63, 3.8) is 0 Å². The van der Waals surface area contributed by atoms with Crippen molar-refractivity contribution in [3.8, 4) is 0 Å². The van der Waals surface area contributed by atoms with Crippen molar-refractivity contribution in [1.29, 1.82) is 0 Å². The lowest BCUT2D eigenvalue weighted by Crippen LogP contribution is -2.35. The molecule has 1 amide bonds. The number of rotatable bonds is 6. The second kappa shape index (κ2) is 8.41. The second-order valence-electron chi connectivity index (χ2n) is 5.73. The van der Waals surface area contributed by atoms with Crippen molar-refractivity contribution in [2.24, 2.45) is 0 Å². The maximum atomic E-state index is 12.1. The first-order valence-corrected chi connectivity index (χ1v) is 9.01. The zero-order valence-corrected chi connectivity index (χ0v) is 13.9. The van der Waals surface area contributed by atoms with E-state index < -0.39 is 0 Å². The molecule has 0 unspecified atom stereocenters. The first-order chi connectivity index (χ1) is 10.2. The fourth-order valence-corrected chi connectivity index (χ4v) is 3.59. The van der Waals surface area contributed by atoms with Crippen LogP contribution in [0.4, 0.5) is 0 Å². The Labute approximate surface area is 131 Å². The first-order valence-electron chi connectivity index (χ1n) is 8.02. The molecule has 1 aliphatic carbocycles. The standard InChI is InChI=1S/C15H26N4OS/c1-3-10-19-12(2)17-18-15(19)21-11-14(20)16-13-8-6-4-5-7-9-13/h13H,3-11H2,1-2H3,(H,16,20). The molecule has 1 saturated carbocycles. The minimum atomic E-state index is 0.121. The predicted molar refractivity (Wildman–Crippen MR) is 85.4 cm³/mol. The summed E-state index contributed by atoms with van der Waals surface area (Å²) in [5.74, 6) is 1.47. The van der Waals surface area contributed by atoms with Crippen molar-refractivity contribution < 1.29 is 4.79 Å². The molecule has 0 bridgehead atoms. The Hall–Kier alpha value is -1.04. The lowest BCUT2D eigenvalue weighted by atomic mass is 10.1. The van der Waals surface area contributed by atoms with Crippen molar-refractivity contribution in [3.05, 3.63) is 5.82 Å². The summed E-state index contributed by atoms with van der Waals surface area (Å²) in [4.78, 5) is 12.1. The van der Waals surface area contributed by atoms with Crippen molar-refractivity contribution in [2.45, 2.75) is 76.5 Å². The van der Waals surface area contributed by atoms with Gasteiger partial charge in [-0.15, -0.1) is 10.2 Å². The minimum absolute atomic E-state index is 0.121. The first kappa shape index (κ1) is 16.3. The molecule has 118 valence electrons. The number of thioether (sulfide) groups is 1. The normalized spacial score (nSPS) is 16.7. The molecule has 1 N–H and O–H groups in total. The molecule has 0 aliphatic heterocycles. The van der Waals surface area contributed by atoms with E-state index in [1.54, 1.807) is 0 Å². The SMILES string of the molecule is CCCn1c(C)nnc1SCC(=O)NC1CCCCCC1. The molecule has 0 atom stereocenters. The molecular formula is C15H26N4OS. The molecule has 21 heavy (non-hydrogen) atoms. The van der Waals surface area contributed by atoms with Gasteiger partial charge in [0.05, 0.1) is 5.75 Å². The van der Waals surface area contributed by atoms with Crippen LogP contribution in [0.3, 0.4) is 0 Å². The maximum Gasteiger partial charge on any atom is 0.230 e. The summed E-state index contributed by atoms with van der Waals surface area (Å²) in [7, 11) is 0. The Balaban J connectivity index is 1.80. The van der Waals surface area contributed by atoms with Crippen molar-refractivity contribution >= 4 is 17.7 Å². The van der Waals surface area contributed by atoms with E-state index in [0.717, 1.165) is 36.8 Å². The largest absolute Gasteiger partial charge is 0.353 e. The van der Waals surface area contributed by atoms with E-state index in [-0.39, 0.29) is 5.91 Å². The zero-order chi connectivity index (χ0) is 15.1. The molecule has 5 nitrogen and oxygen atoms in total. The van der Waals surface area contributed by atoms with Gasteiger partial charge in [0.1, 0.15) is 5.82 Å². The molecular weight excluding hydrogens is 284 g/mol. The Morgan fingerprint density at radius 2 is 2.00 bits per heavy atom. The number of carbonyl (C=O) groups is 1. The third-order valence-electron chi connectivity index (χ3n) is 3.90. The number of aromatic nitrogens is 3. The number of amides is 1. The van der Waals surface area contributed by atoms with Crippen molar-refractivity contribution in [1.82, 2.24) is 20.1 Å². The Kier molecular flexibility index (Phi) is 6.54. The van der Waals surface area contributed by atoms with Crippen LogP contribution in [0, 0.1) is 6.92 Å². The van der Waals surface area contributed by atoms with Crippen LogP contribution in [-0.2, 0) is 11.3 Å². The fraction of sp³-hybridized carbons (Fsp3) is 0.800. The number of aryl methyl sites for hydroxylation is 1. The number of carbonyl (C=O) groups excluding carboxylic acids is 1. The van der Waals surface area contributed by atoms with Gasteiger partial charge in [0, 0.05) is 12.6 Å². The third kappa shape index (κ3) is 5.02. The number of hydrogen-bond acceptors (Lipinski definition) is 4. The Bertz CT molecular complexity index is 453. The van der Waals surface area contributed by atoms with E-state index in [1.165, 1.54) is 37.4 Å². The van der Waals surface area contributed by atoms with Crippen LogP contribution in [0.1, 0.15) is 57.7 Å². The van der Waals surface area contributed by atoms with E-state index in [1.807, 2.05) is 6.92 Å². The molecule has 0 spiro atoms. The van der Waals surface area contributed by atoms with E-state index in [0.29, 0.717) is 11.8 Å². The molecule has 1 aliphatic rings. The van der Waals surface area contributed by atoms with Gasteiger partial charge < -0.3 is 9.88 Å². The van der Waals surface area contributed by atoms with Gasteiger partial charge in [0.2, 0.25) is 5.91 Å². The highest BCUT2D eigenvalue weighted by molar-refractivity contribution is 7.99. The van der Waals surface area contributed by atoms with Crippen LogP contribution in [-0.4, -0.2) is 32.5 Å². The summed E-state index contributed by atoms with van der Waals surface area (Å²) >= 11 is 1.49. The summed E-state index contributed by atoms with van der Waals surface area (Å²) in [6.07, 6.45) is 8.38. The lowest BCUT2D eigenvalue weighted by molar-refractivity contribution is -0.119. The summed E-state index contributed by atoms with van der Waals surface area (Å²) in [5, 5.41) is 12.3. The molecule has 1 aromatic heterocycles. The topological polar surface area (TPSA) is 59.8 Å². The zero-order valence-electron chi connectivity index (χ0n) is 13.1. The smallest absolute Gasteiger partial charge is 0.230 e. The second-order valence-corrected chi connectivity index (χ2v) is 6.67. The summed E-state index contributed by atoms with van der Waals surface area (Å²) in [6, 6.07) is 0.371. The Morgan fingerprint density at radius 3 is 2.67 bits per heavy atom. The highest BCUT2D eigenvalue weighted by Gasteiger charge is 2.16. The lowest BCUT2D eigenvalue weighted by Gasteiger charge is -2.16. The van der Waals surface area contributed by atoms with E-state index >= 15 is 0 Å². The maximum absolute atomic E-state index is 12.1. The van der Waals surface area contributed by atoms with Gasteiger partial charge in [0.25, 0.3) is 0 Å². The monoisotopic (exact) mass is 310 g/mol. The van der Waals surface area contributed by atoms with Crippen molar-refractivity contribution in [2.75, 3.05) is 5.75 Å². The van der Waals surface area contributed by atoms with Crippen LogP contribution < -0.4 is 5.32 Å². The van der Waals surface area contributed by atoms with E-state index in [4.69, 9.17) is 0 Å². The minimum Gasteiger partial charge on any atom is -0.353 e. The van der Waals surface area contributed by atoms with Gasteiger partial charge in [-0.3, -0.25) is 4.79 Å². The van der Waals surface area contributed by atoms with Crippen LogP contribution in [0.15, 0.2) is 5.16 Å².